The molecule has 0 radical (unpaired) electrons. The van der Waals surface area contributed by atoms with Gasteiger partial charge in [0.25, 0.3) is 5.91 Å². The minimum atomic E-state index is -0.604. The fraction of sp³-hybridized carbons (Fsp3) is 0.227. The van der Waals surface area contributed by atoms with Crippen LogP contribution in [-0.4, -0.2) is 32.3 Å². The first-order valence-electron chi connectivity index (χ1n) is 8.86. The molecule has 0 heterocycles. The molecule has 0 aromatic heterocycles. The molecule has 5 nitrogen and oxygen atoms in total. The molecule has 0 bridgehead atoms. The van der Waals surface area contributed by atoms with Crippen LogP contribution in [0.15, 0.2) is 66.7 Å². The standard InChI is InChI=1S/C22H23NO4/c1-16(27-21-12-5-8-17-7-3-4-11-20(17)21)22(24)23-13-14-26-19-10-6-9-18(15-19)25-2/h3-12,15-16H,13-14H2,1-2H3,(H,23,24)/t16-/m0/s1. The molecule has 0 aliphatic carbocycles. The third-order valence-electron chi connectivity index (χ3n) is 4.13. The molecule has 5 heteroatoms. The van der Waals surface area contributed by atoms with Crippen LogP contribution >= 0.6 is 0 Å². The highest BCUT2D eigenvalue weighted by Crippen LogP contribution is 2.26. The highest BCUT2D eigenvalue weighted by Gasteiger charge is 2.15. The van der Waals surface area contributed by atoms with Crippen molar-refractivity contribution in [3.05, 3.63) is 66.7 Å². The molecule has 1 N–H and O–H groups in total. The third-order valence-corrected chi connectivity index (χ3v) is 4.13. The van der Waals surface area contributed by atoms with Crippen molar-refractivity contribution in [1.29, 1.82) is 0 Å². The van der Waals surface area contributed by atoms with E-state index >= 15 is 0 Å². The van der Waals surface area contributed by atoms with E-state index in [4.69, 9.17) is 14.2 Å². The number of carbonyl (C=O) groups excluding carboxylic acids is 1. The highest BCUT2D eigenvalue weighted by molar-refractivity contribution is 5.89. The second-order valence-corrected chi connectivity index (χ2v) is 6.06. The van der Waals surface area contributed by atoms with Crippen LogP contribution in [0, 0.1) is 0 Å². The predicted octanol–water partition coefficient (Wildman–Crippen LogP) is 3.81. The zero-order valence-corrected chi connectivity index (χ0v) is 15.5. The second-order valence-electron chi connectivity index (χ2n) is 6.06. The van der Waals surface area contributed by atoms with Gasteiger partial charge in [-0.15, -0.1) is 0 Å². The molecule has 1 atom stereocenters. The summed E-state index contributed by atoms with van der Waals surface area (Å²) < 4.78 is 16.6. The molecule has 140 valence electrons. The van der Waals surface area contributed by atoms with Crippen LogP contribution in [0.25, 0.3) is 10.8 Å². The summed E-state index contributed by atoms with van der Waals surface area (Å²) in [6, 6.07) is 21.1. The van der Waals surface area contributed by atoms with Crippen LogP contribution in [0.2, 0.25) is 0 Å². The summed E-state index contributed by atoms with van der Waals surface area (Å²) in [5, 5.41) is 4.89. The quantitative estimate of drug-likeness (QED) is 0.617. The Kier molecular flexibility index (Phi) is 6.15. The first kappa shape index (κ1) is 18.6. The summed E-state index contributed by atoms with van der Waals surface area (Å²) in [7, 11) is 1.61. The summed E-state index contributed by atoms with van der Waals surface area (Å²) in [6.45, 7) is 2.49. The van der Waals surface area contributed by atoms with Gasteiger partial charge in [0, 0.05) is 11.5 Å². The van der Waals surface area contributed by atoms with E-state index in [0.29, 0.717) is 24.7 Å². The number of carbonyl (C=O) groups is 1. The second kappa shape index (κ2) is 8.94. The number of nitrogens with one attached hydrogen (secondary N) is 1. The van der Waals surface area contributed by atoms with Gasteiger partial charge in [0.05, 0.1) is 13.7 Å². The van der Waals surface area contributed by atoms with Crippen molar-refractivity contribution in [1.82, 2.24) is 5.32 Å². The Balaban J connectivity index is 1.49. The number of amides is 1. The number of fused-ring (bicyclic) bond motifs is 1. The Bertz CT molecular complexity index is 904. The van der Waals surface area contributed by atoms with Crippen molar-refractivity contribution < 1.29 is 19.0 Å². The summed E-state index contributed by atoms with van der Waals surface area (Å²) >= 11 is 0. The van der Waals surface area contributed by atoms with E-state index in [0.717, 1.165) is 16.5 Å². The van der Waals surface area contributed by atoms with Crippen LogP contribution in [0.1, 0.15) is 6.92 Å². The van der Waals surface area contributed by atoms with Crippen LogP contribution in [-0.2, 0) is 4.79 Å². The minimum absolute atomic E-state index is 0.183. The molecule has 0 aliphatic heterocycles. The maximum atomic E-state index is 12.3. The lowest BCUT2D eigenvalue weighted by molar-refractivity contribution is -0.127. The van der Waals surface area contributed by atoms with Crippen LogP contribution in [0.3, 0.4) is 0 Å². The van der Waals surface area contributed by atoms with Crippen molar-refractivity contribution >= 4 is 16.7 Å². The average molecular weight is 365 g/mol. The van der Waals surface area contributed by atoms with Gasteiger partial charge in [-0.05, 0) is 30.5 Å². The molecule has 0 saturated heterocycles. The summed E-state index contributed by atoms with van der Waals surface area (Å²) in [5.41, 5.74) is 0. The van der Waals surface area contributed by atoms with E-state index in [1.165, 1.54) is 0 Å². The lowest BCUT2D eigenvalue weighted by Gasteiger charge is -2.16. The lowest BCUT2D eigenvalue weighted by atomic mass is 10.1. The Labute approximate surface area is 158 Å². The van der Waals surface area contributed by atoms with Gasteiger partial charge in [-0.3, -0.25) is 4.79 Å². The average Bonchev–Trinajstić information content (AvgIpc) is 2.71. The summed E-state index contributed by atoms with van der Waals surface area (Å²) in [4.78, 5) is 12.3. The summed E-state index contributed by atoms with van der Waals surface area (Å²) in [6.07, 6.45) is -0.604. The SMILES string of the molecule is COc1cccc(OCCNC(=O)[C@H](C)Oc2cccc3ccccc23)c1. The van der Waals surface area contributed by atoms with Gasteiger partial charge in [-0.1, -0.05) is 42.5 Å². The fourth-order valence-corrected chi connectivity index (χ4v) is 2.72. The van der Waals surface area contributed by atoms with Crippen LogP contribution in [0.5, 0.6) is 17.2 Å². The van der Waals surface area contributed by atoms with Crippen molar-refractivity contribution in [3.8, 4) is 17.2 Å². The molecule has 0 fully saturated rings. The largest absolute Gasteiger partial charge is 0.497 e. The number of ether oxygens (including phenoxy) is 3. The van der Waals surface area contributed by atoms with Crippen molar-refractivity contribution in [2.24, 2.45) is 0 Å². The third kappa shape index (κ3) is 4.91. The predicted molar refractivity (Wildman–Crippen MR) is 106 cm³/mol. The smallest absolute Gasteiger partial charge is 0.260 e. The van der Waals surface area contributed by atoms with Crippen LogP contribution < -0.4 is 19.5 Å². The molecule has 1 amide bonds. The number of hydrogen-bond donors (Lipinski definition) is 1. The molecule has 3 aromatic carbocycles. The molecule has 3 rings (SSSR count). The van der Waals surface area contributed by atoms with Gasteiger partial charge < -0.3 is 19.5 Å². The zero-order valence-electron chi connectivity index (χ0n) is 15.5. The molecule has 0 spiro atoms. The van der Waals surface area contributed by atoms with E-state index in [2.05, 4.69) is 5.32 Å². The Morgan fingerprint density at radius 3 is 2.59 bits per heavy atom. The monoisotopic (exact) mass is 365 g/mol. The topological polar surface area (TPSA) is 56.8 Å². The number of hydrogen-bond acceptors (Lipinski definition) is 4. The molecule has 0 unspecified atom stereocenters. The summed E-state index contributed by atoms with van der Waals surface area (Å²) in [5.74, 6) is 1.94. The van der Waals surface area contributed by atoms with Gasteiger partial charge in [0.2, 0.25) is 0 Å². The maximum Gasteiger partial charge on any atom is 0.260 e. The number of benzene rings is 3. The molecule has 0 saturated carbocycles. The Morgan fingerprint density at radius 1 is 1.00 bits per heavy atom. The van der Waals surface area contributed by atoms with E-state index in [-0.39, 0.29) is 5.91 Å². The van der Waals surface area contributed by atoms with E-state index in [1.807, 2.05) is 60.7 Å². The normalized spacial score (nSPS) is 11.6. The minimum Gasteiger partial charge on any atom is -0.497 e. The zero-order chi connectivity index (χ0) is 19.1. The lowest BCUT2D eigenvalue weighted by Crippen LogP contribution is -2.38. The Hall–Kier alpha value is -3.21. The van der Waals surface area contributed by atoms with Crippen molar-refractivity contribution in [3.63, 3.8) is 0 Å². The Morgan fingerprint density at radius 2 is 1.74 bits per heavy atom. The van der Waals surface area contributed by atoms with Gasteiger partial charge >= 0.3 is 0 Å². The number of rotatable bonds is 8. The molecule has 3 aromatic rings. The van der Waals surface area contributed by atoms with E-state index in [1.54, 1.807) is 20.1 Å². The van der Waals surface area contributed by atoms with E-state index < -0.39 is 6.10 Å². The molecular formula is C22H23NO4. The van der Waals surface area contributed by atoms with E-state index in [9.17, 15) is 4.79 Å². The number of methoxy groups -OCH3 is 1. The van der Waals surface area contributed by atoms with Gasteiger partial charge in [-0.2, -0.15) is 0 Å². The molecule has 0 aliphatic rings. The maximum absolute atomic E-state index is 12.3. The highest BCUT2D eigenvalue weighted by atomic mass is 16.5. The van der Waals surface area contributed by atoms with Crippen molar-refractivity contribution in [2.45, 2.75) is 13.0 Å². The first-order chi connectivity index (χ1) is 13.2. The molecule has 27 heavy (non-hydrogen) atoms. The first-order valence-corrected chi connectivity index (χ1v) is 8.86. The molecular weight excluding hydrogens is 342 g/mol. The van der Waals surface area contributed by atoms with Crippen LogP contribution in [0.4, 0.5) is 0 Å². The van der Waals surface area contributed by atoms with Gasteiger partial charge in [0.1, 0.15) is 23.9 Å². The van der Waals surface area contributed by atoms with Gasteiger partial charge in [0.15, 0.2) is 6.10 Å². The van der Waals surface area contributed by atoms with Gasteiger partial charge in [-0.25, -0.2) is 0 Å². The van der Waals surface area contributed by atoms with Crippen molar-refractivity contribution in [2.75, 3.05) is 20.3 Å². The fourth-order valence-electron chi connectivity index (χ4n) is 2.72.